The van der Waals surface area contributed by atoms with E-state index in [-0.39, 0.29) is 0 Å². The lowest BCUT2D eigenvalue weighted by Crippen LogP contribution is -2.38. The standard InChI is InChI=1S/C8H11ClO3/c9-6(10)8(7(11)12)4-2-1-3-5-8/h1-5H2,(H,11,12). The first kappa shape index (κ1) is 9.52. The summed E-state index contributed by atoms with van der Waals surface area (Å²) in [5.41, 5.74) is -1.28. The van der Waals surface area contributed by atoms with E-state index in [0.717, 1.165) is 19.3 Å². The Morgan fingerprint density at radius 1 is 1.17 bits per heavy atom. The normalized spacial score (nSPS) is 21.8. The molecule has 0 spiro atoms. The van der Waals surface area contributed by atoms with Gasteiger partial charge in [-0.25, -0.2) is 0 Å². The maximum atomic E-state index is 10.9. The summed E-state index contributed by atoms with van der Waals surface area (Å²) in [5, 5.41) is 8.14. The summed E-state index contributed by atoms with van der Waals surface area (Å²) in [5.74, 6) is -1.07. The zero-order valence-electron chi connectivity index (χ0n) is 6.68. The minimum atomic E-state index is -1.28. The second kappa shape index (κ2) is 3.44. The van der Waals surface area contributed by atoms with Crippen LogP contribution in [0.25, 0.3) is 0 Å². The third-order valence-corrected chi connectivity index (χ3v) is 2.85. The molecule has 4 heteroatoms. The van der Waals surface area contributed by atoms with E-state index in [1.807, 2.05) is 0 Å². The molecule has 0 aliphatic heterocycles. The van der Waals surface area contributed by atoms with E-state index < -0.39 is 16.6 Å². The van der Waals surface area contributed by atoms with Crippen molar-refractivity contribution in [3.8, 4) is 0 Å². The Hall–Kier alpha value is -0.570. The average Bonchev–Trinajstić information content (AvgIpc) is 2.05. The Morgan fingerprint density at radius 2 is 1.67 bits per heavy atom. The highest BCUT2D eigenvalue weighted by Crippen LogP contribution is 2.38. The second-order valence-electron chi connectivity index (χ2n) is 3.22. The third-order valence-electron chi connectivity index (χ3n) is 2.49. The van der Waals surface area contributed by atoms with Gasteiger partial charge in [0.2, 0.25) is 5.24 Å². The molecular weight excluding hydrogens is 180 g/mol. The minimum absolute atomic E-state index is 0.394. The molecule has 1 fully saturated rings. The van der Waals surface area contributed by atoms with Crippen LogP contribution in [0.3, 0.4) is 0 Å². The monoisotopic (exact) mass is 190 g/mol. The lowest BCUT2D eigenvalue weighted by Gasteiger charge is -2.28. The number of carbonyl (C=O) groups is 2. The summed E-state index contributed by atoms with van der Waals surface area (Å²) < 4.78 is 0. The van der Waals surface area contributed by atoms with Gasteiger partial charge in [-0.15, -0.1) is 0 Å². The summed E-state index contributed by atoms with van der Waals surface area (Å²) in [6.07, 6.45) is 3.35. The first-order valence-corrected chi connectivity index (χ1v) is 4.41. The van der Waals surface area contributed by atoms with E-state index in [4.69, 9.17) is 16.7 Å². The number of halogens is 1. The average molecular weight is 191 g/mol. The molecule has 0 saturated heterocycles. The van der Waals surface area contributed by atoms with E-state index in [1.54, 1.807) is 0 Å². The SMILES string of the molecule is O=C(O)C1(C(=O)Cl)CCCCC1. The van der Waals surface area contributed by atoms with Gasteiger partial charge in [-0.2, -0.15) is 0 Å². The van der Waals surface area contributed by atoms with Crippen LogP contribution in [0.4, 0.5) is 0 Å². The van der Waals surface area contributed by atoms with Gasteiger partial charge in [0, 0.05) is 0 Å². The Labute approximate surface area is 75.7 Å². The van der Waals surface area contributed by atoms with E-state index in [0.29, 0.717) is 12.8 Å². The van der Waals surface area contributed by atoms with Crippen LogP contribution >= 0.6 is 11.6 Å². The fourth-order valence-electron chi connectivity index (χ4n) is 1.65. The summed E-state index contributed by atoms with van der Waals surface area (Å²) in [4.78, 5) is 21.8. The predicted molar refractivity (Wildman–Crippen MR) is 44.0 cm³/mol. The zero-order chi connectivity index (χ0) is 9.19. The largest absolute Gasteiger partial charge is 0.480 e. The smallest absolute Gasteiger partial charge is 0.318 e. The molecule has 3 nitrogen and oxygen atoms in total. The number of hydrogen-bond donors (Lipinski definition) is 1. The molecule has 0 unspecified atom stereocenters. The van der Waals surface area contributed by atoms with Gasteiger partial charge in [0.25, 0.3) is 0 Å². The van der Waals surface area contributed by atoms with Crippen molar-refractivity contribution in [2.45, 2.75) is 32.1 Å². The molecule has 1 aliphatic carbocycles. The molecule has 0 amide bonds. The lowest BCUT2D eigenvalue weighted by atomic mass is 9.75. The van der Waals surface area contributed by atoms with Crippen LogP contribution in [0.2, 0.25) is 0 Å². The van der Waals surface area contributed by atoms with Gasteiger partial charge in [0.05, 0.1) is 0 Å². The number of rotatable bonds is 2. The van der Waals surface area contributed by atoms with E-state index in [1.165, 1.54) is 0 Å². The Kier molecular flexibility index (Phi) is 2.73. The number of carboxylic acids is 1. The highest BCUT2D eigenvalue weighted by molar-refractivity contribution is 6.66. The number of carbonyl (C=O) groups excluding carboxylic acids is 1. The van der Waals surface area contributed by atoms with Crippen molar-refractivity contribution in [2.75, 3.05) is 0 Å². The predicted octanol–water partition coefficient (Wildman–Crippen LogP) is 1.79. The number of carboxylic acid groups (broad SMARTS) is 1. The van der Waals surface area contributed by atoms with Gasteiger partial charge < -0.3 is 5.11 Å². The van der Waals surface area contributed by atoms with Crippen LogP contribution in [-0.2, 0) is 9.59 Å². The molecule has 0 aromatic carbocycles. The van der Waals surface area contributed by atoms with Crippen molar-refractivity contribution in [3.63, 3.8) is 0 Å². The van der Waals surface area contributed by atoms with Crippen molar-refractivity contribution in [3.05, 3.63) is 0 Å². The van der Waals surface area contributed by atoms with Crippen LogP contribution in [0.15, 0.2) is 0 Å². The third kappa shape index (κ3) is 1.46. The van der Waals surface area contributed by atoms with Gasteiger partial charge in [0.15, 0.2) is 0 Å². The van der Waals surface area contributed by atoms with Gasteiger partial charge >= 0.3 is 5.97 Å². The second-order valence-corrected chi connectivity index (χ2v) is 3.56. The topological polar surface area (TPSA) is 54.4 Å². The van der Waals surface area contributed by atoms with Gasteiger partial charge in [0.1, 0.15) is 5.41 Å². The van der Waals surface area contributed by atoms with Crippen LogP contribution in [0.1, 0.15) is 32.1 Å². The highest BCUT2D eigenvalue weighted by atomic mass is 35.5. The zero-order valence-corrected chi connectivity index (χ0v) is 7.43. The molecule has 0 aromatic rings. The minimum Gasteiger partial charge on any atom is -0.480 e. The summed E-state index contributed by atoms with van der Waals surface area (Å²) in [7, 11) is 0. The summed E-state index contributed by atoms with van der Waals surface area (Å²) in [6.45, 7) is 0. The Morgan fingerprint density at radius 3 is 1.92 bits per heavy atom. The first-order valence-electron chi connectivity index (χ1n) is 4.03. The summed E-state index contributed by atoms with van der Waals surface area (Å²) >= 11 is 5.29. The van der Waals surface area contributed by atoms with Crippen molar-refractivity contribution >= 4 is 22.8 Å². The molecule has 1 rings (SSSR count). The molecular formula is C8H11ClO3. The fourth-order valence-corrected chi connectivity index (χ4v) is 1.92. The number of aliphatic carboxylic acids is 1. The molecule has 1 aliphatic rings. The molecule has 0 heterocycles. The molecule has 1 saturated carbocycles. The highest BCUT2D eigenvalue weighted by Gasteiger charge is 2.45. The maximum absolute atomic E-state index is 10.9. The molecule has 1 N–H and O–H groups in total. The van der Waals surface area contributed by atoms with Gasteiger partial charge in [-0.3, -0.25) is 9.59 Å². The van der Waals surface area contributed by atoms with Crippen molar-refractivity contribution in [2.24, 2.45) is 5.41 Å². The number of hydrogen-bond acceptors (Lipinski definition) is 2. The van der Waals surface area contributed by atoms with Gasteiger partial charge in [-0.05, 0) is 24.4 Å². The van der Waals surface area contributed by atoms with E-state index >= 15 is 0 Å². The van der Waals surface area contributed by atoms with Crippen molar-refractivity contribution in [1.82, 2.24) is 0 Å². The van der Waals surface area contributed by atoms with Crippen molar-refractivity contribution in [1.29, 1.82) is 0 Å². The van der Waals surface area contributed by atoms with Crippen LogP contribution in [0, 0.1) is 5.41 Å². The molecule has 0 bridgehead atoms. The van der Waals surface area contributed by atoms with E-state index in [2.05, 4.69) is 0 Å². The molecule has 68 valence electrons. The van der Waals surface area contributed by atoms with Crippen LogP contribution < -0.4 is 0 Å². The Balaban J connectivity index is 2.84. The lowest BCUT2D eigenvalue weighted by molar-refractivity contribution is -0.154. The molecule has 0 radical (unpaired) electrons. The van der Waals surface area contributed by atoms with Crippen molar-refractivity contribution < 1.29 is 14.7 Å². The molecule has 0 atom stereocenters. The quantitative estimate of drug-likeness (QED) is 0.534. The van der Waals surface area contributed by atoms with Gasteiger partial charge in [-0.1, -0.05) is 19.3 Å². The molecule has 12 heavy (non-hydrogen) atoms. The first-order chi connectivity index (χ1) is 5.59. The maximum Gasteiger partial charge on any atom is 0.318 e. The summed E-state index contributed by atoms with van der Waals surface area (Å²) in [6, 6.07) is 0. The fraction of sp³-hybridized carbons (Fsp3) is 0.750. The van der Waals surface area contributed by atoms with Crippen LogP contribution in [0.5, 0.6) is 0 Å². The Bertz CT molecular complexity index is 190. The van der Waals surface area contributed by atoms with Crippen LogP contribution in [-0.4, -0.2) is 16.3 Å². The van der Waals surface area contributed by atoms with E-state index in [9.17, 15) is 9.59 Å². The molecule has 0 aromatic heterocycles.